The summed E-state index contributed by atoms with van der Waals surface area (Å²) in [6.45, 7) is 3.38. The summed E-state index contributed by atoms with van der Waals surface area (Å²) in [5, 5.41) is 9.48. The van der Waals surface area contributed by atoms with Crippen molar-refractivity contribution >= 4 is 15.7 Å². The van der Waals surface area contributed by atoms with Gasteiger partial charge >= 0.3 is 6.18 Å². The van der Waals surface area contributed by atoms with Crippen LogP contribution in [0, 0.1) is 0 Å². The summed E-state index contributed by atoms with van der Waals surface area (Å²) >= 11 is 0. The molecule has 2 aromatic rings. The number of fused-ring (bicyclic) bond motifs is 1. The summed E-state index contributed by atoms with van der Waals surface area (Å²) in [7, 11) is -4.31. The lowest BCUT2D eigenvalue weighted by Gasteiger charge is -2.36. The van der Waals surface area contributed by atoms with Gasteiger partial charge in [0.2, 0.25) is 0 Å². The Hall–Kier alpha value is -2.68. The highest BCUT2D eigenvalue weighted by Gasteiger charge is 2.37. The number of anilines is 1. The molecule has 2 aromatic carbocycles. The minimum atomic E-state index is -4.66. The Morgan fingerprint density at radius 2 is 1.85 bits per heavy atom. The topological polar surface area (TPSA) is 66.8 Å². The van der Waals surface area contributed by atoms with Crippen molar-refractivity contribution in [1.29, 1.82) is 0 Å². The normalized spacial score (nSPS) is 19.4. The van der Waals surface area contributed by atoms with Gasteiger partial charge in [-0.05, 0) is 61.1 Å². The molecule has 4 rings (SSSR count). The second-order valence-corrected chi connectivity index (χ2v) is 10.8. The zero-order valence-corrected chi connectivity index (χ0v) is 19.5. The summed E-state index contributed by atoms with van der Waals surface area (Å²) in [5.74, 6) is 0.622. The van der Waals surface area contributed by atoms with Crippen LogP contribution in [0.4, 0.5) is 18.9 Å². The number of hydrogen-bond acceptors (Lipinski definition) is 4. The Kier molecular flexibility index (Phi) is 6.85. The predicted molar refractivity (Wildman–Crippen MR) is 124 cm³/mol. The maximum absolute atomic E-state index is 13.6. The van der Waals surface area contributed by atoms with Crippen LogP contribution in [0.2, 0.25) is 0 Å². The average molecular weight is 496 g/mol. The molecule has 1 fully saturated rings. The summed E-state index contributed by atoms with van der Waals surface area (Å²) in [4.78, 5) is -0.427. The average Bonchev–Trinajstić information content (AvgIpc) is 2.82. The summed E-state index contributed by atoms with van der Waals surface area (Å²) in [6.07, 6.45) is 0.714. The minimum Gasteiger partial charge on any atom is -0.513 e. The number of benzene rings is 2. The Bertz CT molecular complexity index is 1160. The van der Waals surface area contributed by atoms with E-state index in [2.05, 4.69) is 6.58 Å². The SMILES string of the molecule is C=C(O)CC[C@H]1CN(S(=O)(=O)c2cccc(C(F)(F)F)c2)c2cc(C3CCCCC3)ccc2O1. The Morgan fingerprint density at radius 3 is 2.53 bits per heavy atom. The van der Waals surface area contributed by atoms with Crippen LogP contribution in [0.5, 0.6) is 5.75 Å². The molecule has 1 N–H and O–H groups in total. The van der Waals surface area contributed by atoms with Crippen molar-refractivity contribution in [2.75, 3.05) is 10.8 Å². The van der Waals surface area contributed by atoms with Gasteiger partial charge < -0.3 is 9.84 Å². The molecule has 0 bridgehead atoms. The second-order valence-electron chi connectivity index (χ2n) is 8.97. The molecular formula is C25H28F3NO4S. The van der Waals surface area contributed by atoms with Gasteiger partial charge in [0.25, 0.3) is 10.0 Å². The highest BCUT2D eigenvalue weighted by atomic mass is 32.2. The molecule has 9 heteroatoms. The monoisotopic (exact) mass is 495 g/mol. The molecular weight excluding hydrogens is 467 g/mol. The van der Waals surface area contributed by atoms with Gasteiger partial charge in [0, 0.05) is 6.42 Å². The first-order valence-electron chi connectivity index (χ1n) is 11.4. The highest BCUT2D eigenvalue weighted by molar-refractivity contribution is 7.92. The number of halogens is 3. The Morgan fingerprint density at radius 1 is 1.12 bits per heavy atom. The van der Waals surface area contributed by atoms with E-state index in [0.29, 0.717) is 29.8 Å². The molecule has 1 aliphatic carbocycles. The van der Waals surface area contributed by atoms with Crippen LogP contribution >= 0.6 is 0 Å². The largest absolute Gasteiger partial charge is 0.513 e. The van der Waals surface area contributed by atoms with E-state index < -0.39 is 32.8 Å². The van der Waals surface area contributed by atoms with Crippen molar-refractivity contribution in [2.24, 2.45) is 0 Å². The fourth-order valence-electron chi connectivity index (χ4n) is 4.68. The Labute approximate surface area is 197 Å². The number of aliphatic hydroxyl groups is 1. The zero-order valence-electron chi connectivity index (χ0n) is 18.7. The van der Waals surface area contributed by atoms with Gasteiger partial charge in [-0.2, -0.15) is 13.2 Å². The molecule has 1 aliphatic heterocycles. The number of sulfonamides is 1. The number of aliphatic hydroxyl groups excluding tert-OH is 1. The number of ether oxygens (including phenoxy) is 1. The molecule has 0 spiro atoms. The molecule has 184 valence electrons. The van der Waals surface area contributed by atoms with Crippen LogP contribution < -0.4 is 9.04 Å². The van der Waals surface area contributed by atoms with Crippen molar-refractivity contribution < 1.29 is 31.4 Å². The molecule has 34 heavy (non-hydrogen) atoms. The van der Waals surface area contributed by atoms with Crippen molar-refractivity contribution in [3.05, 3.63) is 65.9 Å². The van der Waals surface area contributed by atoms with Gasteiger partial charge in [0.05, 0.1) is 28.5 Å². The van der Waals surface area contributed by atoms with Crippen LogP contribution in [-0.4, -0.2) is 26.2 Å². The molecule has 1 heterocycles. The van der Waals surface area contributed by atoms with Crippen molar-refractivity contribution in [3.63, 3.8) is 0 Å². The number of allylic oxidation sites excluding steroid dienone is 1. The first-order chi connectivity index (χ1) is 16.1. The van der Waals surface area contributed by atoms with E-state index in [1.165, 1.54) is 12.5 Å². The Balaban J connectivity index is 1.75. The number of alkyl halides is 3. The van der Waals surface area contributed by atoms with E-state index in [1.54, 1.807) is 12.1 Å². The lowest BCUT2D eigenvalue weighted by molar-refractivity contribution is -0.137. The number of hydrogen-bond donors (Lipinski definition) is 1. The maximum Gasteiger partial charge on any atom is 0.416 e. The lowest BCUT2D eigenvalue weighted by atomic mass is 9.84. The summed E-state index contributed by atoms with van der Waals surface area (Å²) in [5.41, 5.74) is 0.319. The van der Waals surface area contributed by atoms with Crippen molar-refractivity contribution in [2.45, 2.75) is 68.0 Å². The fraction of sp³-hybridized carbons (Fsp3) is 0.440. The van der Waals surface area contributed by atoms with Crippen LogP contribution in [0.3, 0.4) is 0 Å². The first kappa shape index (κ1) is 24.4. The predicted octanol–water partition coefficient (Wildman–Crippen LogP) is 6.56. The van der Waals surface area contributed by atoms with Gasteiger partial charge in [0.1, 0.15) is 11.9 Å². The molecule has 0 radical (unpaired) electrons. The summed E-state index contributed by atoms with van der Waals surface area (Å²) in [6, 6.07) is 9.28. The van der Waals surface area contributed by atoms with E-state index in [0.717, 1.165) is 47.7 Å². The summed E-state index contributed by atoms with van der Waals surface area (Å²) < 4.78 is 74.3. The van der Waals surface area contributed by atoms with Gasteiger partial charge in [0.15, 0.2) is 0 Å². The smallest absolute Gasteiger partial charge is 0.416 e. The second kappa shape index (κ2) is 9.52. The third kappa shape index (κ3) is 5.19. The third-order valence-corrected chi connectivity index (χ3v) is 8.27. The molecule has 0 saturated heterocycles. The third-order valence-electron chi connectivity index (χ3n) is 6.50. The van der Waals surface area contributed by atoms with Gasteiger partial charge in [-0.3, -0.25) is 4.31 Å². The van der Waals surface area contributed by atoms with Gasteiger partial charge in [-0.15, -0.1) is 0 Å². The van der Waals surface area contributed by atoms with Crippen molar-refractivity contribution in [3.8, 4) is 5.75 Å². The van der Waals surface area contributed by atoms with Crippen LogP contribution in [0.1, 0.15) is 62.0 Å². The van der Waals surface area contributed by atoms with Gasteiger partial charge in [-0.1, -0.05) is 38.0 Å². The standard InChI is InChI=1S/C25H28F3NO4S/c1-17(30)10-12-21-16-29(34(31,32)22-9-5-8-20(15-22)25(26,27)28)23-14-19(11-13-24(23)33-21)18-6-3-2-4-7-18/h5,8-9,11,13-15,18,21,30H,1-4,6-7,10,12,16H2/t21-/m0/s1. The van der Waals surface area contributed by atoms with Crippen LogP contribution in [0.25, 0.3) is 0 Å². The van der Waals surface area contributed by atoms with Gasteiger partial charge in [-0.25, -0.2) is 8.42 Å². The molecule has 1 saturated carbocycles. The highest BCUT2D eigenvalue weighted by Crippen LogP contribution is 2.42. The first-order valence-corrected chi connectivity index (χ1v) is 12.9. The van der Waals surface area contributed by atoms with E-state index in [9.17, 15) is 26.7 Å². The van der Waals surface area contributed by atoms with E-state index in [-0.39, 0.29) is 18.7 Å². The van der Waals surface area contributed by atoms with Crippen molar-refractivity contribution in [1.82, 2.24) is 0 Å². The lowest BCUT2D eigenvalue weighted by Crippen LogP contribution is -2.43. The fourth-order valence-corrected chi connectivity index (χ4v) is 6.23. The maximum atomic E-state index is 13.6. The number of rotatable bonds is 6. The van der Waals surface area contributed by atoms with E-state index in [4.69, 9.17) is 4.74 Å². The molecule has 1 atom stereocenters. The molecule has 2 aliphatic rings. The molecule has 5 nitrogen and oxygen atoms in total. The molecule has 0 unspecified atom stereocenters. The quantitative estimate of drug-likeness (QED) is 0.461. The van der Waals surface area contributed by atoms with E-state index in [1.807, 2.05) is 6.07 Å². The van der Waals surface area contributed by atoms with Crippen LogP contribution in [-0.2, 0) is 16.2 Å². The minimum absolute atomic E-state index is 0.0469. The van der Waals surface area contributed by atoms with E-state index >= 15 is 0 Å². The molecule has 0 aromatic heterocycles. The zero-order chi connectivity index (χ0) is 24.5. The number of nitrogens with zero attached hydrogens (tertiary/aromatic N) is 1. The van der Waals surface area contributed by atoms with Crippen LogP contribution in [0.15, 0.2) is 59.7 Å². The molecule has 0 amide bonds.